The molecule has 7 nitrogen and oxygen atoms in total. The Balaban J connectivity index is 3.73. The van der Waals surface area contributed by atoms with Gasteiger partial charge in [-0.05, 0) is 48.0 Å². The second kappa shape index (κ2) is 11.2. The number of hydrogen-bond donors (Lipinski definition) is 2. The monoisotopic (exact) mass is 331 g/mol. The van der Waals surface area contributed by atoms with Gasteiger partial charge in [-0.25, -0.2) is 4.79 Å². The Morgan fingerprint density at radius 3 is 2.39 bits per heavy atom. The largest absolute Gasteiger partial charge is 0.444 e. The molecule has 0 bridgehead atoms. The van der Waals surface area contributed by atoms with E-state index in [0.29, 0.717) is 19.8 Å². The van der Waals surface area contributed by atoms with Gasteiger partial charge in [0.15, 0.2) is 0 Å². The van der Waals surface area contributed by atoms with Crippen LogP contribution in [-0.2, 0) is 14.2 Å². The molecule has 23 heavy (non-hydrogen) atoms. The van der Waals surface area contributed by atoms with Gasteiger partial charge < -0.3 is 25.0 Å². The van der Waals surface area contributed by atoms with E-state index in [1.54, 1.807) is 0 Å². The van der Waals surface area contributed by atoms with Crippen LogP contribution in [-0.4, -0.2) is 56.4 Å². The summed E-state index contributed by atoms with van der Waals surface area (Å²) in [6.45, 7) is 16.3. The number of amides is 1. The van der Waals surface area contributed by atoms with Crippen molar-refractivity contribution in [2.24, 2.45) is 5.10 Å². The number of carbonyl (C=O) groups is 1. The highest BCUT2D eigenvalue weighted by atomic mass is 16.6. The molecule has 2 N–H and O–H groups in total. The lowest BCUT2D eigenvalue weighted by molar-refractivity contribution is 0.0149. The van der Waals surface area contributed by atoms with E-state index >= 15 is 0 Å². The van der Waals surface area contributed by atoms with Gasteiger partial charge in [-0.3, -0.25) is 0 Å². The molecule has 136 valence electrons. The van der Waals surface area contributed by atoms with Crippen molar-refractivity contribution >= 4 is 12.8 Å². The standard InChI is InChI=1S/C16H33N3O4/c1-12(18-15(20)23-16(4,5)6)11-22-14(3)8-9-21-10-13(2)19-17-7/h12-14,19H,7-11H2,1-6H3,(H,18,20). The highest BCUT2D eigenvalue weighted by Gasteiger charge is 2.18. The Morgan fingerprint density at radius 1 is 1.17 bits per heavy atom. The van der Waals surface area contributed by atoms with Crippen LogP contribution in [0.4, 0.5) is 4.79 Å². The van der Waals surface area contributed by atoms with Gasteiger partial charge in [0.25, 0.3) is 0 Å². The minimum Gasteiger partial charge on any atom is -0.444 e. The summed E-state index contributed by atoms with van der Waals surface area (Å²) in [6.07, 6.45) is 0.411. The predicted octanol–water partition coefficient (Wildman–Crippen LogP) is 2.31. The van der Waals surface area contributed by atoms with Crippen molar-refractivity contribution in [2.75, 3.05) is 19.8 Å². The number of rotatable bonds is 11. The van der Waals surface area contributed by atoms with E-state index in [4.69, 9.17) is 14.2 Å². The van der Waals surface area contributed by atoms with Crippen LogP contribution < -0.4 is 10.7 Å². The number of carbonyl (C=O) groups excluding carboxylic acids is 1. The molecule has 1 amide bonds. The molecule has 0 fully saturated rings. The molecule has 0 aliphatic carbocycles. The molecular formula is C16H33N3O4. The van der Waals surface area contributed by atoms with Gasteiger partial charge in [0.1, 0.15) is 5.60 Å². The molecule has 0 heterocycles. The molecule has 0 aromatic rings. The van der Waals surface area contributed by atoms with Crippen LogP contribution >= 0.6 is 0 Å². The van der Waals surface area contributed by atoms with Crippen molar-refractivity contribution in [1.82, 2.24) is 10.7 Å². The van der Waals surface area contributed by atoms with Gasteiger partial charge in [-0.1, -0.05) is 0 Å². The molecule has 0 aliphatic rings. The second-order valence-corrected chi connectivity index (χ2v) is 6.74. The van der Waals surface area contributed by atoms with Gasteiger partial charge in [0.2, 0.25) is 0 Å². The molecule has 3 unspecified atom stereocenters. The molecule has 0 saturated carbocycles. The molecular weight excluding hydrogens is 298 g/mol. The zero-order chi connectivity index (χ0) is 17.9. The lowest BCUT2D eigenvalue weighted by Crippen LogP contribution is -2.40. The number of nitrogens with zero attached hydrogens (tertiary/aromatic N) is 1. The quantitative estimate of drug-likeness (QED) is 0.345. The molecule has 0 rings (SSSR count). The fourth-order valence-corrected chi connectivity index (χ4v) is 1.64. The number of ether oxygens (including phenoxy) is 3. The SMILES string of the molecule is C=NNC(C)COCCC(C)OCC(C)NC(=O)OC(C)(C)C. The first-order valence-electron chi connectivity index (χ1n) is 8.04. The molecule has 3 atom stereocenters. The molecule has 0 spiro atoms. The summed E-state index contributed by atoms with van der Waals surface area (Å²) < 4.78 is 16.4. The minimum absolute atomic E-state index is 0.0543. The first kappa shape index (κ1) is 21.7. The Kier molecular flexibility index (Phi) is 10.6. The van der Waals surface area contributed by atoms with Crippen molar-refractivity contribution in [3.63, 3.8) is 0 Å². The van der Waals surface area contributed by atoms with Crippen LogP contribution in [0.2, 0.25) is 0 Å². The Labute approximate surface area is 140 Å². The maximum Gasteiger partial charge on any atom is 0.407 e. The second-order valence-electron chi connectivity index (χ2n) is 6.74. The Morgan fingerprint density at radius 2 is 1.83 bits per heavy atom. The van der Waals surface area contributed by atoms with Crippen LogP contribution in [0.1, 0.15) is 48.0 Å². The van der Waals surface area contributed by atoms with E-state index in [1.807, 2.05) is 41.5 Å². The number of hydrazone groups is 1. The molecule has 0 aliphatic heterocycles. The first-order valence-corrected chi connectivity index (χ1v) is 8.04. The Hall–Kier alpha value is -1.34. The van der Waals surface area contributed by atoms with E-state index in [1.165, 1.54) is 0 Å². The molecule has 0 saturated heterocycles. The molecule has 0 aromatic heterocycles. The summed E-state index contributed by atoms with van der Waals surface area (Å²) in [6, 6.07) is 0.0258. The number of nitrogens with one attached hydrogen (secondary N) is 2. The third-order valence-electron chi connectivity index (χ3n) is 2.74. The van der Waals surface area contributed by atoms with Crippen molar-refractivity contribution in [3.05, 3.63) is 0 Å². The van der Waals surface area contributed by atoms with Crippen molar-refractivity contribution < 1.29 is 19.0 Å². The molecule has 0 radical (unpaired) electrons. The minimum atomic E-state index is -0.498. The molecule has 0 aromatic carbocycles. The fraction of sp³-hybridized carbons (Fsp3) is 0.875. The van der Waals surface area contributed by atoms with Crippen molar-refractivity contribution in [2.45, 2.75) is 71.8 Å². The normalized spacial score (nSPS) is 15.4. The zero-order valence-corrected chi connectivity index (χ0v) is 15.3. The third-order valence-corrected chi connectivity index (χ3v) is 2.74. The van der Waals surface area contributed by atoms with Crippen LogP contribution in [0.3, 0.4) is 0 Å². The predicted molar refractivity (Wildman–Crippen MR) is 91.8 cm³/mol. The van der Waals surface area contributed by atoms with E-state index in [-0.39, 0.29) is 18.2 Å². The number of alkyl carbamates (subject to hydrolysis) is 1. The van der Waals surface area contributed by atoms with E-state index in [9.17, 15) is 4.79 Å². The van der Waals surface area contributed by atoms with Gasteiger partial charge in [-0.2, -0.15) is 5.10 Å². The van der Waals surface area contributed by atoms with E-state index in [2.05, 4.69) is 22.6 Å². The molecule has 7 heteroatoms. The van der Waals surface area contributed by atoms with Gasteiger partial charge >= 0.3 is 6.09 Å². The van der Waals surface area contributed by atoms with Crippen LogP contribution in [0.5, 0.6) is 0 Å². The smallest absolute Gasteiger partial charge is 0.407 e. The summed E-state index contributed by atoms with van der Waals surface area (Å²) in [5.41, 5.74) is 2.32. The maximum absolute atomic E-state index is 11.6. The summed E-state index contributed by atoms with van der Waals surface area (Å²) in [7, 11) is 0. The van der Waals surface area contributed by atoms with Crippen LogP contribution in [0.25, 0.3) is 0 Å². The van der Waals surface area contributed by atoms with Crippen molar-refractivity contribution in [3.8, 4) is 0 Å². The first-order chi connectivity index (χ1) is 10.6. The average molecular weight is 331 g/mol. The highest BCUT2D eigenvalue weighted by molar-refractivity contribution is 5.68. The summed E-state index contributed by atoms with van der Waals surface area (Å²) in [5.74, 6) is 0. The summed E-state index contributed by atoms with van der Waals surface area (Å²) in [4.78, 5) is 11.6. The Bertz CT molecular complexity index is 345. The summed E-state index contributed by atoms with van der Waals surface area (Å²) >= 11 is 0. The highest BCUT2D eigenvalue weighted by Crippen LogP contribution is 2.07. The average Bonchev–Trinajstić information content (AvgIpc) is 2.39. The van der Waals surface area contributed by atoms with Gasteiger partial charge in [-0.15, -0.1) is 0 Å². The fourth-order valence-electron chi connectivity index (χ4n) is 1.64. The van der Waals surface area contributed by atoms with Gasteiger partial charge in [0, 0.05) is 13.3 Å². The van der Waals surface area contributed by atoms with Crippen LogP contribution in [0, 0.1) is 0 Å². The maximum atomic E-state index is 11.6. The summed E-state index contributed by atoms with van der Waals surface area (Å²) in [5, 5.41) is 6.34. The van der Waals surface area contributed by atoms with E-state index in [0.717, 1.165) is 6.42 Å². The van der Waals surface area contributed by atoms with E-state index < -0.39 is 11.7 Å². The topological polar surface area (TPSA) is 81.2 Å². The third kappa shape index (κ3) is 14.0. The lowest BCUT2D eigenvalue weighted by Gasteiger charge is -2.23. The lowest BCUT2D eigenvalue weighted by atomic mass is 10.2. The zero-order valence-electron chi connectivity index (χ0n) is 15.3. The van der Waals surface area contributed by atoms with Crippen LogP contribution in [0.15, 0.2) is 5.10 Å². The number of hydrogen-bond acceptors (Lipinski definition) is 6. The van der Waals surface area contributed by atoms with Gasteiger partial charge in [0.05, 0.1) is 31.4 Å². The van der Waals surface area contributed by atoms with Crippen molar-refractivity contribution in [1.29, 1.82) is 0 Å².